The van der Waals surface area contributed by atoms with Crippen molar-refractivity contribution in [2.45, 2.75) is 6.54 Å². The molecule has 0 spiro atoms. The van der Waals surface area contributed by atoms with Crippen LogP contribution in [-0.4, -0.2) is 9.78 Å². The lowest BCUT2D eigenvalue weighted by Gasteiger charge is -1.95. The van der Waals surface area contributed by atoms with Crippen molar-refractivity contribution in [1.82, 2.24) is 9.78 Å². The van der Waals surface area contributed by atoms with E-state index in [-0.39, 0.29) is 0 Å². The molecule has 1 heterocycles. The van der Waals surface area contributed by atoms with Crippen LogP contribution in [0.5, 0.6) is 0 Å². The first-order chi connectivity index (χ1) is 5.09. The van der Waals surface area contributed by atoms with Crippen LogP contribution in [0.3, 0.4) is 0 Å². The number of nitrogen functional groups attached to an aromatic ring is 1. The summed E-state index contributed by atoms with van der Waals surface area (Å²) in [5, 5.41) is 4.48. The molecule has 0 unspecified atom stereocenters. The molecule has 0 aliphatic carbocycles. The molecule has 1 rings (SSSR count). The van der Waals surface area contributed by atoms with Gasteiger partial charge in [0.05, 0.1) is 11.0 Å². The lowest BCUT2D eigenvalue weighted by atomic mass is 10.6. The van der Waals surface area contributed by atoms with Gasteiger partial charge in [-0.15, -0.1) is 0 Å². The minimum atomic E-state index is 0.461. The topological polar surface area (TPSA) is 43.8 Å². The lowest BCUT2D eigenvalue weighted by Crippen LogP contribution is -1.98. The number of nitrogens with two attached hydrogens (primary N) is 1. The molecule has 60 valence electrons. The summed E-state index contributed by atoms with van der Waals surface area (Å²) >= 11 is 8.79. The minimum absolute atomic E-state index is 0.461. The molecule has 0 saturated heterocycles. The molecule has 0 aliphatic rings. The number of rotatable bonds is 2. The van der Waals surface area contributed by atoms with Crippen molar-refractivity contribution >= 4 is 33.3 Å². The van der Waals surface area contributed by atoms with Crippen molar-refractivity contribution in [3.8, 4) is 0 Å². The van der Waals surface area contributed by atoms with Crippen LogP contribution in [0.15, 0.2) is 22.3 Å². The smallest absolute Gasteiger partial charge is 0.159 e. The zero-order valence-corrected chi connectivity index (χ0v) is 8.06. The highest BCUT2D eigenvalue weighted by atomic mass is 79.9. The fourth-order valence-corrected chi connectivity index (χ4v) is 1.11. The maximum absolute atomic E-state index is 5.56. The Morgan fingerprint density at radius 3 is 2.91 bits per heavy atom. The van der Waals surface area contributed by atoms with Crippen molar-refractivity contribution in [3.63, 3.8) is 0 Å². The molecular formula is C6H7BrClN3. The number of aromatic nitrogens is 2. The summed E-state index contributed by atoms with van der Waals surface area (Å²) in [7, 11) is 0. The Kier molecular flexibility index (Phi) is 2.57. The van der Waals surface area contributed by atoms with Gasteiger partial charge in [-0.05, 0) is 15.9 Å². The Balaban J connectivity index is 2.81. The maximum atomic E-state index is 5.56. The molecule has 0 radical (unpaired) electrons. The molecule has 0 aromatic carbocycles. The number of anilines is 1. The van der Waals surface area contributed by atoms with Crippen LogP contribution in [-0.2, 0) is 6.54 Å². The SMILES string of the molecule is C=C(Cl)Cn1cc(Br)c(N)n1. The Morgan fingerprint density at radius 2 is 2.55 bits per heavy atom. The van der Waals surface area contributed by atoms with Gasteiger partial charge in [-0.3, -0.25) is 4.68 Å². The Morgan fingerprint density at radius 1 is 1.91 bits per heavy atom. The van der Waals surface area contributed by atoms with Crippen LogP contribution in [0, 0.1) is 0 Å². The number of nitrogens with zero attached hydrogens (tertiary/aromatic N) is 2. The average Bonchev–Trinajstić information content (AvgIpc) is 2.10. The van der Waals surface area contributed by atoms with Crippen LogP contribution in [0.2, 0.25) is 0 Å². The van der Waals surface area contributed by atoms with Crippen molar-refractivity contribution in [2.24, 2.45) is 0 Å². The minimum Gasteiger partial charge on any atom is -0.381 e. The highest BCUT2D eigenvalue weighted by molar-refractivity contribution is 9.10. The molecule has 0 fully saturated rings. The summed E-state index contributed by atoms with van der Waals surface area (Å²) in [6.45, 7) is 4.02. The summed E-state index contributed by atoms with van der Waals surface area (Å²) in [6, 6.07) is 0. The van der Waals surface area contributed by atoms with Crippen LogP contribution < -0.4 is 5.73 Å². The second kappa shape index (κ2) is 3.28. The molecule has 2 N–H and O–H groups in total. The predicted molar refractivity (Wildman–Crippen MR) is 49.3 cm³/mol. The first-order valence-corrected chi connectivity index (χ1v) is 4.08. The molecule has 1 aromatic heterocycles. The maximum Gasteiger partial charge on any atom is 0.159 e. The number of halogens is 2. The van der Waals surface area contributed by atoms with Gasteiger partial charge in [0.1, 0.15) is 0 Å². The van der Waals surface area contributed by atoms with Crippen molar-refractivity contribution in [1.29, 1.82) is 0 Å². The van der Waals surface area contributed by atoms with Gasteiger partial charge in [0.2, 0.25) is 0 Å². The fourth-order valence-electron chi connectivity index (χ4n) is 0.669. The Labute approximate surface area is 78.0 Å². The van der Waals surface area contributed by atoms with Crippen LogP contribution in [0.4, 0.5) is 5.82 Å². The van der Waals surface area contributed by atoms with E-state index in [0.717, 1.165) is 4.47 Å². The van der Waals surface area contributed by atoms with Crippen molar-refractivity contribution in [3.05, 3.63) is 22.3 Å². The van der Waals surface area contributed by atoms with E-state index in [1.165, 1.54) is 0 Å². The molecule has 0 atom stereocenters. The monoisotopic (exact) mass is 235 g/mol. The molecule has 1 aromatic rings. The zero-order chi connectivity index (χ0) is 8.43. The van der Waals surface area contributed by atoms with Gasteiger partial charge in [-0.2, -0.15) is 5.10 Å². The van der Waals surface area contributed by atoms with Gasteiger partial charge >= 0.3 is 0 Å². The normalized spacial score (nSPS) is 10.0. The van der Waals surface area contributed by atoms with Crippen LogP contribution in [0.25, 0.3) is 0 Å². The highest BCUT2D eigenvalue weighted by Gasteiger charge is 2.01. The zero-order valence-electron chi connectivity index (χ0n) is 5.72. The average molecular weight is 236 g/mol. The lowest BCUT2D eigenvalue weighted by molar-refractivity contribution is 0.699. The van der Waals surface area contributed by atoms with Gasteiger partial charge in [0.25, 0.3) is 0 Å². The fraction of sp³-hybridized carbons (Fsp3) is 0.167. The number of hydrogen-bond donors (Lipinski definition) is 1. The summed E-state index contributed by atoms with van der Waals surface area (Å²) < 4.78 is 2.39. The van der Waals surface area contributed by atoms with E-state index < -0.39 is 0 Å². The van der Waals surface area contributed by atoms with Gasteiger partial charge in [0.15, 0.2) is 5.82 Å². The van der Waals surface area contributed by atoms with E-state index in [0.29, 0.717) is 17.4 Å². The number of hydrogen-bond acceptors (Lipinski definition) is 2. The molecule has 11 heavy (non-hydrogen) atoms. The highest BCUT2D eigenvalue weighted by Crippen LogP contribution is 2.17. The first-order valence-electron chi connectivity index (χ1n) is 2.91. The molecule has 3 nitrogen and oxygen atoms in total. The van der Waals surface area contributed by atoms with Crippen molar-refractivity contribution in [2.75, 3.05) is 5.73 Å². The van der Waals surface area contributed by atoms with Crippen LogP contribution in [0.1, 0.15) is 0 Å². The first kappa shape index (κ1) is 8.62. The third-order valence-corrected chi connectivity index (χ3v) is 1.81. The van der Waals surface area contributed by atoms with Gasteiger partial charge < -0.3 is 5.73 Å². The standard InChI is InChI=1S/C6H7BrClN3/c1-4(8)2-11-3-5(7)6(9)10-11/h3H,1-2H2,(H2,9,10). The molecule has 0 amide bonds. The summed E-state index contributed by atoms with van der Waals surface area (Å²) in [6.07, 6.45) is 1.75. The van der Waals surface area contributed by atoms with E-state index in [9.17, 15) is 0 Å². The van der Waals surface area contributed by atoms with E-state index in [1.54, 1.807) is 10.9 Å². The molecule has 0 aliphatic heterocycles. The number of allylic oxidation sites excluding steroid dienone is 1. The third kappa shape index (κ3) is 2.24. The van der Waals surface area contributed by atoms with E-state index in [2.05, 4.69) is 27.6 Å². The van der Waals surface area contributed by atoms with Gasteiger partial charge in [0, 0.05) is 11.2 Å². The summed E-state index contributed by atoms with van der Waals surface area (Å²) in [4.78, 5) is 0. The molecule has 5 heteroatoms. The van der Waals surface area contributed by atoms with Crippen LogP contribution >= 0.6 is 27.5 Å². The van der Waals surface area contributed by atoms with E-state index in [1.807, 2.05) is 0 Å². The van der Waals surface area contributed by atoms with E-state index in [4.69, 9.17) is 17.3 Å². The second-order valence-electron chi connectivity index (χ2n) is 2.08. The summed E-state index contributed by atoms with van der Waals surface area (Å²) in [5.74, 6) is 0.461. The van der Waals surface area contributed by atoms with E-state index >= 15 is 0 Å². The largest absolute Gasteiger partial charge is 0.381 e. The predicted octanol–water partition coefficient (Wildman–Crippen LogP) is 1.98. The molecular weight excluding hydrogens is 229 g/mol. The quantitative estimate of drug-likeness (QED) is 0.853. The molecule has 0 bridgehead atoms. The Hall–Kier alpha value is -0.480. The third-order valence-electron chi connectivity index (χ3n) is 1.08. The van der Waals surface area contributed by atoms with Gasteiger partial charge in [-0.1, -0.05) is 18.2 Å². The van der Waals surface area contributed by atoms with Gasteiger partial charge in [-0.25, -0.2) is 0 Å². The Bertz CT molecular complexity index is 262. The molecule has 0 saturated carbocycles. The summed E-state index contributed by atoms with van der Waals surface area (Å²) in [5.41, 5.74) is 5.46. The second-order valence-corrected chi connectivity index (χ2v) is 3.47. The van der Waals surface area contributed by atoms with Crippen molar-refractivity contribution < 1.29 is 0 Å².